The van der Waals surface area contributed by atoms with E-state index >= 15 is 0 Å². The summed E-state index contributed by atoms with van der Waals surface area (Å²) < 4.78 is 26.3. The van der Waals surface area contributed by atoms with Crippen LogP contribution in [-0.4, -0.2) is 15.5 Å². The topological polar surface area (TPSA) is 37.4 Å². The average molecular weight is 330 g/mol. The largest absolute Gasteiger partial charge is 0.269 e. The maximum atomic E-state index is 12.5. The predicted octanol–water partition coefficient (Wildman–Crippen LogP) is 4.13. The molecule has 20 heavy (non-hydrogen) atoms. The minimum atomic E-state index is -3.61. The summed E-state index contributed by atoms with van der Waals surface area (Å²) in [6, 6.07) is 11.2. The zero-order valence-electron chi connectivity index (χ0n) is 11.0. The first-order valence-corrected chi connectivity index (χ1v) is 8.02. The van der Waals surface area contributed by atoms with Crippen molar-refractivity contribution in [1.82, 2.24) is 0 Å². The molecule has 0 saturated carbocycles. The molecule has 2 aromatic carbocycles. The van der Waals surface area contributed by atoms with E-state index < -0.39 is 10.0 Å². The molecule has 0 aliphatic carbocycles. The Bertz CT molecular complexity index is 727. The summed E-state index contributed by atoms with van der Waals surface area (Å²) >= 11 is 11.7. The van der Waals surface area contributed by atoms with Gasteiger partial charge in [0.15, 0.2) is 0 Å². The van der Waals surface area contributed by atoms with Gasteiger partial charge in [0, 0.05) is 17.1 Å². The van der Waals surface area contributed by atoms with Gasteiger partial charge in [0.2, 0.25) is 0 Å². The lowest BCUT2D eigenvalue weighted by atomic mass is 10.2. The Morgan fingerprint density at radius 3 is 2.05 bits per heavy atom. The van der Waals surface area contributed by atoms with Crippen LogP contribution in [0.2, 0.25) is 10.0 Å². The molecule has 6 heteroatoms. The van der Waals surface area contributed by atoms with Crippen LogP contribution in [-0.2, 0) is 10.0 Å². The molecule has 0 bridgehead atoms. The molecule has 0 radical (unpaired) electrons. The van der Waals surface area contributed by atoms with Gasteiger partial charge >= 0.3 is 0 Å². The van der Waals surface area contributed by atoms with Crippen molar-refractivity contribution in [3.63, 3.8) is 0 Å². The van der Waals surface area contributed by atoms with Gasteiger partial charge in [-0.05, 0) is 55.0 Å². The summed E-state index contributed by atoms with van der Waals surface area (Å²) in [5.41, 5.74) is 1.38. The fraction of sp³-hybridized carbons (Fsp3) is 0.143. The third-order valence-electron chi connectivity index (χ3n) is 2.97. The minimum absolute atomic E-state index is 0.193. The van der Waals surface area contributed by atoms with Crippen molar-refractivity contribution in [2.45, 2.75) is 11.8 Å². The SMILES string of the molecule is Cc1cc(Cl)ccc1N(C)S(=O)(=O)c1ccc(Cl)cc1. The van der Waals surface area contributed by atoms with E-state index in [9.17, 15) is 8.42 Å². The molecule has 0 N–H and O–H groups in total. The monoisotopic (exact) mass is 329 g/mol. The van der Waals surface area contributed by atoms with E-state index in [1.807, 2.05) is 6.92 Å². The van der Waals surface area contributed by atoms with Crippen LogP contribution >= 0.6 is 23.2 Å². The van der Waals surface area contributed by atoms with E-state index in [2.05, 4.69) is 0 Å². The molecule has 0 spiro atoms. The molecule has 2 aromatic rings. The Balaban J connectivity index is 2.45. The van der Waals surface area contributed by atoms with Crippen molar-refractivity contribution in [3.05, 3.63) is 58.1 Å². The Hall–Kier alpha value is -1.23. The van der Waals surface area contributed by atoms with E-state index in [4.69, 9.17) is 23.2 Å². The Kier molecular flexibility index (Phi) is 4.28. The molecule has 0 aromatic heterocycles. The zero-order chi connectivity index (χ0) is 14.9. The molecule has 0 heterocycles. The summed E-state index contributed by atoms with van der Waals surface area (Å²) in [5.74, 6) is 0. The first-order chi connectivity index (χ1) is 9.32. The highest BCUT2D eigenvalue weighted by atomic mass is 35.5. The molecule has 2 rings (SSSR count). The molecule has 0 aliphatic heterocycles. The van der Waals surface area contributed by atoms with Crippen molar-refractivity contribution < 1.29 is 8.42 Å². The van der Waals surface area contributed by atoms with E-state index in [-0.39, 0.29) is 4.90 Å². The van der Waals surface area contributed by atoms with Gasteiger partial charge in [0.05, 0.1) is 10.6 Å². The van der Waals surface area contributed by atoms with Gasteiger partial charge in [-0.25, -0.2) is 8.42 Å². The summed E-state index contributed by atoms with van der Waals surface area (Å²) in [6.07, 6.45) is 0. The van der Waals surface area contributed by atoms with Crippen molar-refractivity contribution in [2.75, 3.05) is 11.4 Å². The lowest BCUT2D eigenvalue weighted by Gasteiger charge is -2.21. The van der Waals surface area contributed by atoms with Crippen LogP contribution in [0.5, 0.6) is 0 Å². The summed E-state index contributed by atoms with van der Waals surface area (Å²) in [7, 11) is -2.10. The number of rotatable bonds is 3. The van der Waals surface area contributed by atoms with E-state index in [1.54, 1.807) is 30.3 Å². The number of anilines is 1. The van der Waals surface area contributed by atoms with E-state index in [0.29, 0.717) is 15.7 Å². The molecule has 0 atom stereocenters. The molecular weight excluding hydrogens is 317 g/mol. The number of aryl methyl sites for hydroxylation is 1. The number of sulfonamides is 1. The van der Waals surface area contributed by atoms with Gasteiger partial charge in [-0.2, -0.15) is 0 Å². The summed E-state index contributed by atoms with van der Waals surface area (Å²) in [4.78, 5) is 0.193. The summed E-state index contributed by atoms with van der Waals surface area (Å²) in [5, 5.41) is 1.07. The third kappa shape index (κ3) is 2.92. The van der Waals surface area contributed by atoms with Crippen LogP contribution in [0.4, 0.5) is 5.69 Å². The van der Waals surface area contributed by atoms with Crippen molar-refractivity contribution >= 4 is 38.9 Å². The smallest absolute Gasteiger partial charge is 0.264 e. The first kappa shape index (κ1) is 15.2. The van der Waals surface area contributed by atoms with Gasteiger partial charge in [0.25, 0.3) is 10.0 Å². The van der Waals surface area contributed by atoms with Crippen molar-refractivity contribution in [3.8, 4) is 0 Å². The highest BCUT2D eigenvalue weighted by molar-refractivity contribution is 7.92. The quantitative estimate of drug-likeness (QED) is 0.849. The fourth-order valence-electron chi connectivity index (χ4n) is 1.87. The number of nitrogens with zero attached hydrogens (tertiary/aromatic N) is 1. The highest BCUT2D eigenvalue weighted by Crippen LogP contribution is 2.27. The van der Waals surface area contributed by atoms with Gasteiger partial charge < -0.3 is 0 Å². The second-order valence-corrected chi connectivity index (χ2v) is 7.20. The van der Waals surface area contributed by atoms with Crippen molar-refractivity contribution in [1.29, 1.82) is 0 Å². The number of benzene rings is 2. The molecule has 0 saturated heterocycles. The standard InChI is InChI=1S/C14H13Cl2NO2S/c1-10-9-12(16)5-8-14(10)17(2)20(18,19)13-6-3-11(15)4-7-13/h3-9H,1-2H3. The molecule has 0 unspecified atom stereocenters. The molecule has 106 valence electrons. The van der Waals surface area contributed by atoms with Crippen LogP contribution in [0.3, 0.4) is 0 Å². The zero-order valence-corrected chi connectivity index (χ0v) is 13.3. The van der Waals surface area contributed by atoms with Crippen LogP contribution in [0.25, 0.3) is 0 Å². The van der Waals surface area contributed by atoms with Gasteiger partial charge in [-0.1, -0.05) is 23.2 Å². The minimum Gasteiger partial charge on any atom is -0.269 e. The molecule has 0 amide bonds. The second-order valence-electron chi connectivity index (χ2n) is 4.36. The van der Waals surface area contributed by atoms with Gasteiger partial charge in [0.1, 0.15) is 0 Å². The van der Waals surface area contributed by atoms with Crippen LogP contribution < -0.4 is 4.31 Å². The van der Waals surface area contributed by atoms with E-state index in [1.165, 1.54) is 23.5 Å². The van der Waals surface area contributed by atoms with Crippen LogP contribution in [0, 0.1) is 6.92 Å². The molecule has 3 nitrogen and oxygen atoms in total. The van der Waals surface area contributed by atoms with Crippen LogP contribution in [0.1, 0.15) is 5.56 Å². The normalized spacial score (nSPS) is 11.4. The van der Waals surface area contributed by atoms with Gasteiger partial charge in [-0.15, -0.1) is 0 Å². The third-order valence-corrected chi connectivity index (χ3v) is 5.24. The lowest BCUT2D eigenvalue weighted by Crippen LogP contribution is -2.27. The maximum Gasteiger partial charge on any atom is 0.264 e. The summed E-state index contributed by atoms with van der Waals surface area (Å²) in [6.45, 7) is 1.81. The predicted molar refractivity (Wildman–Crippen MR) is 83.2 cm³/mol. The lowest BCUT2D eigenvalue weighted by molar-refractivity contribution is 0.594. The Morgan fingerprint density at radius 2 is 1.50 bits per heavy atom. The van der Waals surface area contributed by atoms with Crippen LogP contribution in [0.15, 0.2) is 47.4 Å². The molecule has 0 aliphatic rings. The fourth-order valence-corrected chi connectivity index (χ4v) is 3.48. The number of hydrogen-bond donors (Lipinski definition) is 0. The Labute approximate surface area is 128 Å². The Morgan fingerprint density at radius 1 is 0.950 bits per heavy atom. The second kappa shape index (κ2) is 5.64. The van der Waals surface area contributed by atoms with E-state index in [0.717, 1.165) is 5.56 Å². The number of halogens is 2. The maximum absolute atomic E-state index is 12.5. The first-order valence-electron chi connectivity index (χ1n) is 5.83. The highest BCUT2D eigenvalue weighted by Gasteiger charge is 2.22. The average Bonchev–Trinajstić information content (AvgIpc) is 2.38. The van der Waals surface area contributed by atoms with Gasteiger partial charge in [-0.3, -0.25) is 4.31 Å². The van der Waals surface area contributed by atoms with Crippen molar-refractivity contribution in [2.24, 2.45) is 0 Å². The number of hydrogen-bond acceptors (Lipinski definition) is 2. The molecular formula is C14H13Cl2NO2S. The molecule has 0 fully saturated rings.